The van der Waals surface area contributed by atoms with E-state index in [2.05, 4.69) is 59.2 Å². The highest BCUT2D eigenvalue weighted by Crippen LogP contribution is 2.78. The molecule has 0 spiro atoms. The summed E-state index contributed by atoms with van der Waals surface area (Å²) >= 11 is 0. The SMILES string of the molecule is C=C(C)C1CCC2(CC(=O)NC3CCC([NH3+])C3)CCC3(C)C(CCC4C5(C)CCC(OC(=O)CC(C)(C)C(=O)O)C(C)(C)C5CCC43C)C12. The number of carboxylic acids is 1. The van der Waals surface area contributed by atoms with Crippen LogP contribution in [0.25, 0.3) is 0 Å². The Kier molecular flexibility index (Phi) is 9.31. The van der Waals surface area contributed by atoms with Crippen LogP contribution in [-0.2, 0) is 19.1 Å². The van der Waals surface area contributed by atoms with E-state index in [1.54, 1.807) is 13.8 Å². The standard InChI is InChI=1S/C42H68N2O5/c1-25(2)28-14-19-42(23-33(45)44-27-11-10-26(43)22-27)21-20-40(8)29(35(28)42)12-13-31-39(7)17-16-32(49-34(46)24-37(3,4)36(47)48)38(5,6)30(39)15-18-41(31,40)9/h26-32,35H,1,10-24,43H2,2-9H3,(H,44,45)(H,47,48)/p+1. The van der Waals surface area contributed by atoms with Crippen molar-refractivity contribution in [2.24, 2.45) is 62.1 Å². The Balaban J connectivity index is 1.23. The molecule has 0 bridgehead atoms. The molecule has 0 radical (unpaired) electrons. The Morgan fingerprint density at radius 2 is 1.59 bits per heavy atom. The average molecular weight is 682 g/mol. The van der Waals surface area contributed by atoms with Crippen molar-refractivity contribution >= 4 is 17.8 Å². The van der Waals surface area contributed by atoms with Gasteiger partial charge in [-0.05, 0) is 143 Å². The summed E-state index contributed by atoms with van der Waals surface area (Å²) in [6, 6.07) is 0.757. The van der Waals surface area contributed by atoms with Crippen molar-refractivity contribution in [3.63, 3.8) is 0 Å². The molecule has 7 heteroatoms. The van der Waals surface area contributed by atoms with Gasteiger partial charge in [0, 0.05) is 30.7 Å². The van der Waals surface area contributed by atoms with Crippen molar-refractivity contribution in [2.75, 3.05) is 0 Å². The van der Waals surface area contributed by atoms with Gasteiger partial charge in [0.15, 0.2) is 0 Å². The number of rotatable bonds is 8. The summed E-state index contributed by atoms with van der Waals surface area (Å²) in [6.45, 7) is 22.5. The number of carboxylic acid groups (broad SMARTS) is 1. The van der Waals surface area contributed by atoms with Gasteiger partial charge in [0.25, 0.3) is 0 Å². The molecule has 0 saturated heterocycles. The molecule has 6 aliphatic carbocycles. The first-order valence-corrected chi connectivity index (χ1v) is 19.9. The topological polar surface area (TPSA) is 120 Å². The van der Waals surface area contributed by atoms with E-state index in [1.165, 1.54) is 37.7 Å². The van der Waals surface area contributed by atoms with Gasteiger partial charge in [0.2, 0.25) is 5.91 Å². The van der Waals surface area contributed by atoms with Gasteiger partial charge in [-0.25, -0.2) is 0 Å². The van der Waals surface area contributed by atoms with Crippen LogP contribution < -0.4 is 11.1 Å². The number of nitrogens with one attached hydrogen (secondary N) is 1. The zero-order valence-electron chi connectivity index (χ0n) is 32.2. The van der Waals surface area contributed by atoms with Gasteiger partial charge < -0.3 is 20.9 Å². The van der Waals surface area contributed by atoms with E-state index < -0.39 is 11.4 Å². The zero-order chi connectivity index (χ0) is 35.9. The highest BCUT2D eigenvalue weighted by molar-refractivity contribution is 5.81. The molecule has 5 N–H and O–H groups in total. The third-order valence-corrected chi connectivity index (χ3v) is 17.0. The monoisotopic (exact) mass is 682 g/mol. The Morgan fingerprint density at radius 1 is 0.878 bits per heavy atom. The number of fused-ring (bicyclic) bond motifs is 7. The van der Waals surface area contributed by atoms with E-state index in [0.29, 0.717) is 48.1 Å². The zero-order valence-corrected chi connectivity index (χ0v) is 32.2. The van der Waals surface area contributed by atoms with Crippen molar-refractivity contribution < 1.29 is 30.0 Å². The summed E-state index contributed by atoms with van der Waals surface area (Å²) < 4.78 is 6.18. The number of hydrogen-bond acceptors (Lipinski definition) is 4. The molecule has 0 aromatic rings. The fraction of sp³-hybridized carbons (Fsp3) is 0.881. The second-order valence-corrected chi connectivity index (χ2v) is 20.4. The molecule has 0 heterocycles. The van der Waals surface area contributed by atoms with Crippen molar-refractivity contribution in [1.29, 1.82) is 0 Å². The Hall–Kier alpha value is -1.89. The number of ether oxygens (including phenoxy) is 1. The predicted octanol–water partition coefficient (Wildman–Crippen LogP) is 7.73. The van der Waals surface area contributed by atoms with E-state index in [4.69, 9.17) is 4.74 Å². The lowest BCUT2D eigenvalue weighted by Crippen LogP contribution is -2.67. The Morgan fingerprint density at radius 3 is 2.22 bits per heavy atom. The number of quaternary nitrogens is 1. The summed E-state index contributed by atoms with van der Waals surface area (Å²) in [7, 11) is 0. The van der Waals surface area contributed by atoms with E-state index >= 15 is 0 Å². The van der Waals surface area contributed by atoms with E-state index in [9.17, 15) is 19.5 Å². The van der Waals surface area contributed by atoms with Crippen LogP contribution in [0.4, 0.5) is 0 Å². The average Bonchev–Trinajstić information content (AvgIpc) is 3.57. The van der Waals surface area contributed by atoms with Crippen molar-refractivity contribution in [3.8, 4) is 0 Å². The summed E-state index contributed by atoms with van der Waals surface area (Å²) in [4.78, 5) is 38.5. The van der Waals surface area contributed by atoms with Crippen LogP contribution in [0.1, 0.15) is 152 Å². The van der Waals surface area contributed by atoms with E-state index in [-0.39, 0.29) is 51.5 Å². The number of aliphatic carboxylic acids is 1. The predicted molar refractivity (Wildman–Crippen MR) is 192 cm³/mol. The highest BCUT2D eigenvalue weighted by Gasteiger charge is 2.71. The molecule has 1 amide bonds. The number of amides is 1. The molecular formula is C42H69N2O5+. The van der Waals surface area contributed by atoms with Crippen LogP contribution in [0.5, 0.6) is 0 Å². The van der Waals surface area contributed by atoms with E-state index in [0.717, 1.165) is 51.4 Å². The molecule has 7 nitrogen and oxygen atoms in total. The van der Waals surface area contributed by atoms with Crippen LogP contribution in [0, 0.1) is 62.1 Å². The van der Waals surface area contributed by atoms with Gasteiger partial charge in [-0.3, -0.25) is 14.4 Å². The number of esters is 1. The van der Waals surface area contributed by atoms with Crippen LogP contribution in [0.15, 0.2) is 12.2 Å². The molecule has 0 aromatic carbocycles. The molecule has 276 valence electrons. The van der Waals surface area contributed by atoms with Gasteiger partial charge >= 0.3 is 11.9 Å². The largest absolute Gasteiger partial charge is 0.481 e. The minimum absolute atomic E-state index is 0.0732. The first-order chi connectivity index (χ1) is 22.7. The first-order valence-electron chi connectivity index (χ1n) is 19.9. The maximum Gasteiger partial charge on any atom is 0.309 e. The fourth-order valence-electron chi connectivity index (χ4n) is 14.2. The minimum atomic E-state index is -1.14. The van der Waals surface area contributed by atoms with Crippen LogP contribution >= 0.6 is 0 Å². The molecule has 6 saturated carbocycles. The van der Waals surface area contributed by atoms with Crippen LogP contribution in [0.3, 0.4) is 0 Å². The maximum absolute atomic E-state index is 13.8. The normalized spacial score (nSPS) is 45.7. The van der Waals surface area contributed by atoms with Gasteiger partial charge in [0.1, 0.15) is 6.10 Å². The number of carbonyl (C=O) groups is 3. The quantitative estimate of drug-likeness (QED) is 0.179. The number of hydrogen-bond donors (Lipinski definition) is 3. The molecule has 0 aliphatic heterocycles. The van der Waals surface area contributed by atoms with Crippen LogP contribution in [-0.4, -0.2) is 41.1 Å². The molecule has 49 heavy (non-hydrogen) atoms. The van der Waals surface area contributed by atoms with Gasteiger partial charge in [0.05, 0.1) is 17.9 Å². The number of allylic oxidation sites excluding steroid dienone is 1. The maximum atomic E-state index is 13.8. The lowest BCUT2D eigenvalue weighted by Gasteiger charge is -2.73. The summed E-state index contributed by atoms with van der Waals surface area (Å²) in [5.41, 5.74) is 4.88. The Labute approximate surface area is 296 Å². The van der Waals surface area contributed by atoms with E-state index in [1.807, 2.05) is 0 Å². The third kappa shape index (κ3) is 5.82. The second kappa shape index (κ2) is 12.4. The van der Waals surface area contributed by atoms with Gasteiger partial charge in [-0.15, -0.1) is 0 Å². The lowest BCUT2D eigenvalue weighted by molar-refractivity contribution is -0.417. The second-order valence-electron chi connectivity index (χ2n) is 20.4. The summed E-state index contributed by atoms with van der Waals surface area (Å²) in [5, 5.41) is 13.1. The van der Waals surface area contributed by atoms with Crippen molar-refractivity contribution in [1.82, 2.24) is 5.32 Å². The summed E-state index contributed by atoms with van der Waals surface area (Å²) in [5.74, 6) is 1.56. The molecule has 6 aliphatic rings. The molecule has 12 atom stereocenters. The smallest absolute Gasteiger partial charge is 0.309 e. The molecule has 6 rings (SSSR count). The first kappa shape index (κ1) is 36.9. The van der Waals surface area contributed by atoms with Gasteiger partial charge in [-0.2, -0.15) is 0 Å². The van der Waals surface area contributed by atoms with Crippen molar-refractivity contribution in [3.05, 3.63) is 12.2 Å². The minimum Gasteiger partial charge on any atom is -0.481 e. The molecule has 12 unspecified atom stereocenters. The third-order valence-electron chi connectivity index (χ3n) is 17.0. The van der Waals surface area contributed by atoms with Crippen LogP contribution in [0.2, 0.25) is 0 Å². The van der Waals surface area contributed by atoms with Crippen molar-refractivity contribution in [2.45, 2.75) is 170 Å². The molecular weight excluding hydrogens is 612 g/mol. The van der Waals surface area contributed by atoms with Gasteiger partial charge in [-0.1, -0.05) is 46.8 Å². The Bertz CT molecular complexity index is 1360. The molecule has 6 fully saturated rings. The number of carbonyl (C=O) groups excluding carboxylic acids is 2. The highest BCUT2D eigenvalue weighted by atomic mass is 16.5. The fourth-order valence-corrected chi connectivity index (χ4v) is 14.2. The summed E-state index contributed by atoms with van der Waals surface area (Å²) in [6.07, 6.45) is 14.9. The molecule has 0 aromatic heterocycles. The lowest BCUT2D eigenvalue weighted by atomic mass is 9.32.